The van der Waals surface area contributed by atoms with E-state index in [9.17, 15) is 4.79 Å². The maximum absolute atomic E-state index is 11.9. The van der Waals surface area contributed by atoms with Crippen molar-refractivity contribution in [1.82, 2.24) is 25.4 Å². The molecule has 2 heterocycles. The second-order valence-corrected chi connectivity index (χ2v) is 5.28. The van der Waals surface area contributed by atoms with E-state index in [4.69, 9.17) is 0 Å². The Bertz CT molecular complexity index is 590. The minimum absolute atomic E-state index is 0.0977. The van der Waals surface area contributed by atoms with Crippen molar-refractivity contribution < 1.29 is 4.79 Å². The highest BCUT2D eigenvalue weighted by Gasteiger charge is 2.17. The maximum atomic E-state index is 11.9. The topological polar surface area (TPSA) is 71.8 Å². The number of nitrogens with zero attached hydrogens (tertiary/aromatic N) is 3. The molecule has 0 bridgehead atoms. The van der Waals surface area contributed by atoms with Gasteiger partial charge in [-0.05, 0) is 37.1 Å². The van der Waals surface area contributed by atoms with E-state index in [0.717, 1.165) is 30.6 Å². The van der Waals surface area contributed by atoms with E-state index < -0.39 is 0 Å². The molecule has 1 aliphatic heterocycles. The third-order valence-corrected chi connectivity index (χ3v) is 3.68. The van der Waals surface area contributed by atoms with Crippen LogP contribution in [0.25, 0.3) is 5.69 Å². The number of hydrogen-bond donors (Lipinski definition) is 2. The molecule has 1 aromatic carbocycles. The Morgan fingerprint density at radius 2 is 2.43 bits per heavy atom. The summed E-state index contributed by atoms with van der Waals surface area (Å²) in [4.78, 5) is 15.8. The monoisotopic (exact) mass is 285 g/mol. The van der Waals surface area contributed by atoms with E-state index in [1.807, 2.05) is 24.3 Å². The number of nitrogens with one attached hydrogen (secondary N) is 2. The summed E-state index contributed by atoms with van der Waals surface area (Å²) in [7, 11) is 0. The number of benzene rings is 1. The van der Waals surface area contributed by atoms with Crippen LogP contribution in [0.15, 0.2) is 36.9 Å². The third kappa shape index (κ3) is 3.66. The fourth-order valence-electron chi connectivity index (χ4n) is 2.58. The summed E-state index contributed by atoms with van der Waals surface area (Å²) in [6.07, 6.45) is 5.97. The zero-order valence-electron chi connectivity index (χ0n) is 11.8. The van der Waals surface area contributed by atoms with Crippen LogP contribution >= 0.6 is 0 Å². The Hall–Kier alpha value is -2.21. The number of amides is 1. The van der Waals surface area contributed by atoms with Crippen LogP contribution in [-0.2, 0) is 11.3 Å². The van der Waals surface area contributed by atoms with Crippen LogP contribution in [0.3, 0.4) is 0 Å². The zero-order valence-corrected chi connectivity index (χ0v) is 11.8. The van der Waals surface area contributed by atoms with E-state index >= 15 is 0 Å². The molecule has 2 aromatic rings. The molecule has 0 saturated carbocycles. The van der Waals surface area contributed by atoms with Crippen molar-refractivity contribution in [3.8, 4) is 5.69 Å². The summed E-state index contributed by atoms with van der Waals surface area (Å²) in [5.74, 6) is 0.0977. The predicted molar refractivity (Wildman–Crippen MR) is 78.8 cm³/mol. The van der Waals surface area contributed by atoms with Crippen molar-refractivity contribution in [2.45, 2.75) is 31.8 Å². The average molecular weight is 285 g/mol. The molecule has 1 saturated heterocycles. The van der Waals surface area contributed by atoms with Gasteiger partial charge < -0.3 is 10.6 Å². The lowest BCUT2D eigenvalue weighted by Gasteiger charge is -2.11. The lowest BCUT2D eigenvalue weighted by molar-refractivity contribution is -0.121. The third-order valence-electron chi connectivity index (χ3n) is 3.68. The first-order valence-electron chi connectivity index (χ1n) is 7.25. The van der Waals surface area contributed by atoms with E-state index in [1.165, 1.54) is 6.33 Å². The van der Waals surface area contributed by atoms with Gasteiger partial charge in [0, 0.05) is 19.0 Å². The molecule has 3 rings (SSSR count). The Kier molecular flexibility index (Phi) is 4.25. The van der Waals surface area contributed by atoms with Crippen LogP contribution in [0.2, 0.25) is 0 Å². The highest BCUT2D eigenvalue weighted by Crippen LogP contribution is 2.10. The van der Waals surface area contributed by atoms with Crippen LogP contribution < -0.4 is 10.6 Å². The van der Waals surface area contributed by atoms with Crippen LogP contribution in [0.1, 0.15) is 24.8 Å². The number of hydrogen-bond acceptors (Lipinski definition) is 4. The van der Waals surface area contributed by atoms with Crippen LogP contribution in [-0.4, -0.2) is 33.3 Å². The Balaban J connectivity index is 1.55. The van der Waals surface area contributed by atoms with E-state index in [1.54, 1.807) is 11.0 Å². The number of rotatable bonds is 5. The molecule has 0 aliphatic carbocycles. The van der Waals surface area contributed by atoms with Crippen LogP contribution in [0.4, 0.5) is 0 Å². The number of carbonyl (C=O) groups is 1. The van der Waals surface area contributed by atoms with Gasteiger partial charge in [-0.1, -0.05) is 12.1 Å². The average Bonchev–Trinajstić information content (AvgIpc) is 3.19. The summed E-state index contributed by atoms with van der Waals surface area (Å²) in [6, 6.07) is 8.25. The lowest BCUT2D eigenvalue weighted by Crippen LogP contribution is -2.31. The maximum Gasteiger partial charge on any atom is 0.221 e. The minimum atomic E-state index is 0.0977. The molecule has 1 atom stereocenters. The Labute approximate surface area is 123 Å². The van der Waals surface area contributed by atoms with Crippen molar-refractivity contribution >= 4 is 5.91 Å². The first kappa shape index (κ1) is 13.8. The first-order chi connectivity index (χ1) is 10.3. The van der Waals surface area contributed by atoms with E-state index in [0.29, 0.717) is 19.0 Å². The lowest BCUT2D eigenvalue weighted by atomic mass is 10.1. The molecular weight excluding hydrogens is 266 g/mol. The van der Waals surface area contributed by atoms with Crippen molar-refractivity contribution in [1.29, 1.82) is 0 Å². The molecule has 1 aromatic heterocycles. The summed E-state index contributed by atoms with van der Waals surface area (Å²) in [5.41, 5.74) is 1.99. The highest BCUT2D eigenvalue weighted by molar-refractivity contribution is 5.76. The SMILES string of the molecule is O=C(CC1CCCN1)NCc1cccc(-n2cncn2)c1. The smallest absolute Gasteiger partial charge is 0.221 e. The van der Waals surface area contributed by atoms with Crippen molar-refractivity contribution in [2.75, 3.05) is 6.54 Å². The zero-order chi connectivity index (χ0) is 14.5. The molecule has 21 heavy (non-hydrogen) atoms. The Morgan fingerprint density at radius 3 is 3.19 bits per heavy atom. The van der Waals surface area contributed by atoms with E-state index in [-0.39, 0.29) is 5.91 Å². The second kappa shape index (κ2) is 6.49. The molecule has 0 spiro atoms. The fourth-order valence-corrected chi connectivity index (χ4v) is 2.58. The molecule has 1 amide bonds. The standard InChI is InChI=1S/C15H19N5O/c21-15(8-13-4-2-6-17-13)18-9-12-3-1-5-14(7-12)20-11-16-10-19-20/h1,3,5,7,10-11,13,17H,2,4,6,8-9H2,(H,18,21). The van der Waals surface area contributed by atoms with Gasteiger partial charge in [0.05, 0.1) is 5.69 Å². The predicted octanol–water partition coefficient (Wildman–Crippen LogP) is 1.03. The molecule has 1 aliphatic rings. The first-order valence-corrected chi connectivity index (χ1v) is 7.25. The van der Waals surface area contributed by atoms with Gasteiger partial charge in [-0.25, -0.2) is 9.67 Å². The minimum Gasteiger partial charge on any atom is -0.352 e. The molecule has 1 fully saturated rings. The largest absolute Gasteiger partial charge is 0.352 e. The number of aromatic nitrogens is 3. The van der Waals surface area contributed by atoms with Crippen molar-refractivity contribution in [3.63, 3.8) is 0 Å². The summed E-state index contributed by atoms with van der Waals surface area (Å²) in [5, 5.41) is 10.4. The summed E-state index contributed by atoms with van der Waals surface area (Å²) < 4.78 is 1.70. The molecule has 2 N–H and O–H groups in total. The summed E-state index contributed by atoms with van der Waals surface area (Å²) in [6.45, 7) is 1.56. The molecular formula is C15H19N5O. The van der Waals surface area contributed by atoms with Gasteiger partial charge in [-0.3, -0.25) is 4.79 Å². The van der Waals surface area contributed by atoms with Crippen LogP contribution in [0.5, 0.6) is 0 Å². The Morgan fingerprint density at radius 1 is 1.48 bits per heavy atom. The molecule has 6 nitrogen and oxygen atoms in total. The molecule has 6 heteroatoms. The molecule has 0 radical (unpaired) electrons. The van der Waals surface area contributed by atoms with Gasteiger partial charge >= 0.3 is 0 Å². The van der Waals surface area contributed by atoms with Gasteiger partial charge in [-0.15, -0.1) is 0 Å². The quantitative estimate of drug-likeness (QED) is 0.860. The van der Waals surface area contributed by atoms with Crippen molar-refractivity contribution in [3.05, 3.63) is 42.5 Å². The number of carbonyl (C=O) groups excluding carboxylic acids is 1. The van der Waals surface area contributed by atoms with E-state index in [2.05, 4.69) is 20.7 Å². The second-order valence-electron chi connectivity index (χ2n) is 5.28. The highest BCUT2D eigenvalue weighted by atomic mass is 16.1. The van der Waals surface area contributed by atoms with Gasteiger partial charge in [0.15, 0.2) is 0 Å². The van der Waals surface area contributed by atoms with Gasteiger partial charge in [-0.2, -0.15) is 5.10 Å². The van der Waals surface area contributed by atoms with Gasteiger partial charge in [0.2, 0.25) is 5.91 Å². The molecule has 110 valence electrons. The van der Waals surface area contributed by atoms with Crippen molar-refractivity contribution in [2.24, 2.45) is 0 Å². The normalized spacial score (nSPS) is 17.8. The fraction of sp³-hybridized carbons (Fsp3) is 0.400. The van der Waals surface area contributed by atoms with Gasteiger partial charge in [0.1, 0.15) is 12.7 Å². The van der Waals surface area contributed by atoms with Gasteiger partial charge in [0.25, 0.3) is 0 Å². The summed E-state index contributed by atoms with van der Waals surface area (Å²) >= 11 is 0. The van der Waals surface area contributed by atoms with Crippen LogP contribution in [0, 0.1) is 0 Å². The molecule has 1 unspecified atom stereocenters.